The van der Waals surface area contributed by atoms with E-state index in [0.717, 1.165) is 19.6 Å². The summed E-state index contributed by atoms with van der Waals surface area (Å²) in [5, 5.41) is 12.0. The summed E-state index contributed by atoms with van der Waals surface area (Å²) >= 11 is 0. The van der Waals surface area contributed by atoms with E-state index in [0.29, 0.717) is 12.4 Å². The molecule has 0 aliphatic carbocycles. The number of benzene rings is 1. The average Bonchev–Trinajstić information content (AvgIpc) is 3.00. The number of rotatable bonds is 7. The average molecular weight is 290 g/mol. The number of ether oxygens (including phenoxy) is 3. The molecule has 0 amide bonds. The Morgan fingerprint density at radius 1 is 1.43 bits per heavy atom. The summed E-state index contributed by atoms with van der Waals surface area (Å²) in [6, 6.07) is 9.95. The molecule has 2 rings (SSSR count). The van der Waals surface area contributed by atoms with Crippen LogP contribution < -0.4 is 10.1 Å². The van der Waals surface area contributed by atoms with Crippen LogP contribution in [0.3, 0.4) is 0 Å². The first-order valence-corrected chi connectivity index (χ1v) is 7.15. The number of nitrogens with zero attached hydrogens (tertiary/aromatic N) is 1. The second-order valence-electron chi connectivity index (χ2n) is 5.31. The van der Waals surface area contributed by atoms with Gasteiger partial charge in [-0.2, -0.15) is 5.26 Å². The Morgan fingerprint density at radius 2 is 2.19 bits per heavy atom. The van der Waals surface area contributed by atoms with Gasteiger partial charge in [0.15, 0.2) is 6.61 Å². The number of nitrogens with one attached hydrogen (secondary N) is 1. The third kappa shape index (κ3) is 4.18. The van der Waals surface area contributed by atoms with Crippen LogP contribution in [-0.4, -0.2) is 39.1 Å². The van der Waals surface area contributed by atoms with E-state index in [1.54, 1.807) is 7.11 Å². The Labute approximate surface area is 125 Å². The van der Waals surface area contributed by atoms with E-state index < -0.39 is 0 Å². The van der Waals surface area contributed by atoms with Crippen LogP contribution in [0.5, 0.6) is 5.75 Å². The highest BCUT2D eigenvalue weighted by Gasteiger charge is 2.34. The smallest absolute Gasteiger partial charge is 0.174 e. The van der Waals surface area contributed by atoms with Gasteiger partial charge in [0.2, 0.25) is 0 Å². The minimum Gasteiger partial charge on any atom is -0.479 e. The van der Waals surface area contributed by atoms with Crippen LogP contribution in [0, 0.1) is 11.3 Å². The molecule has 21 heavy (non-hydrogen) atoms. The van der Waals surface area contributed by atoms with Gasteiger partial charge in [0.25, 0.3) is 0 Å². The van der Waals surface area contributed by atoms with Gasteiger partial charge >= 0.3 is 0 Å². The van der Waals surface area contributed by atoms with Gasteiger partial charge in [-0.1, -0.05) is 12.1 Å². The van der Waals surface area contributed by atoms with Crippen LogP contribution in [-0.2, 0) is 9.47 Å². The van der Waals surface area contributed by atoms with Gasteiger partial charge < -0.3 is 19.5 Å². The summed E-state index contributed by atoms with van der Waals surface area (Å²) in [5.41, 5.74) is 0.967. The number of methoxy groups -OCH3 is 1. The highest BCUT2D eigenvalue weighted by Crippen LogP contribution is 2.23. The molecule has 1 aromatic carbocycles. The fraction of sp³-hybridized carbons (Fsp3) is 0.562. The summed E-state index contributed by atoms with van der Waals surface area (Å²) in [6.07, 6.45) is 0.921. The van der Waals surface area contributed by atoms with Gasteiger partial charge in [0.1, 0.15) is 17.4 Å². The second-order valence-corrected chi connectivity index (χ2v) is 5.31. The molecule has 114 valence electrons. The fourth-order valence-electron chi connectivity index (χ4n) is 2.39. The minimum atomic E-state index is -0.204. The highest BCUT2D eigenvalue weighted by atomic mass is 16.5. The maximum absolute atomic E-state index is 8.48. The van der Waals surface area contributed by atoms with Crippen LogP contribution in [0.1, 0.15) is 24.9 Å². The van der Waals surface area contributed by atoms with Crippen LogP contribution in [0.15, 0.2) is 24.3 Å². The zero-order valence-corrected chi connectivity index (χ0v) is 12.6. The molecule has 0 radical (unpaired) electrons. The molecule has 0 saturated carbocycles. The van der Waals surface area contributed by atoms with Crippen molar-refractivity contribution in [2.75, 3.05) is 33.5 Å². The Hall–Kier alpha value is -1.61. The van der Waals surface area contributed by atoms with Crippen molar-refractivity contribution >= 4 is 0 Å². The normalized spacial score (nSPS) is 22.7. The maximum Gasteiger partial charge on any atom is 0.174 e. The molecule has 0 aromatic heterocycles. The van der Waals surface area contributed by atoms with E-state index in [2.05, 4.69) is 12.2 Å². The molecule has 1 fully saturated rings. The lowest BCUT2D eigenvalue weighted by atomic mass is 10.0. The van der Waals surface area contributed by atoms with Gasteiger partial charge in [-0.05, 0) is 24.6 Å². The summed E-state index contributed by atoms with van der Waals surface area (Å²) in [7, 11) is 1.74. The van der Waals surface area contributed by atoms with Crippen molar-refractivity contribution in [3.8, 4) is 11.8 Å². The predicted molar refractivity (Wildman–Crippen MR) is 79.1 cm³/mol. The Balaban J connectivity index is 1.88. The molecule has 0 bridgehead atoms. The van der Waals surface area contributed by atoms with E-state index in [1.165, 1.54) is 5.56 Å². The van der Waals surface area contributed by atoms with Crippen molar-refractivity contribution in [3.05, 3.63) is 29.8 Å². The van der Waals surface area contributed by atoms with Gasteiger partial charge in [0.05, 0.1) is 6.61 Å². The van der Waals surface area contributed by atoms with Crippen molar-refractivity contribution in [1.82, 2.24) is 5.32 Å². The molecule has 1 aromatic rings. The molecule has 2 unspecified atom stereocenters. The van der Waals surface area contributed by atoms with Crippen molar-refractivity contribution in [1.29, 1.82) is 5.26 Å². The summed E-state index contributed by atoms with van der Waals surface area (Å²) in [6.45, 7) is 4.35. The molecule has 5 heteroatoms. The monoisotopic (exact) mass is 290 g/mol. The standard InChI is InChI=1S/C16H22N2O3/c1-13(18-11-16(19-2)7-9-20-12-16)14-3-5-15(6-4-14)21-10-8-17/h3-6,13,18H,7,9-12H2,1-2H3. The minimum absolute atomic E-state index is 0.0729. The molecule has 5 nitrogen and oxygen atoms in total. The molecule has 1 heterocycles. The lowest BCUT2D eigenvalue weighted by Gasteiger charge is -2.28. The summed E-state index contributed by atoms with van der Waals surface area (Å²) in [5.74, 6) is 0.713. The first kappa shape index (κ1) is 15.8. The Morgan fingerprint density at radius 3 is 2.76 bits per heavy atom. The van der Waals surface area contributed by atoms with E-state index in [1.807, 2.05) is 30.3 Å². The molecule has 1 aliphatic heterocycles. The van der Waals surface area contributed by atoms with E-state index in [-0.39, 0.29) is 18.2 Å². The maximum atomic E-state index is 8.48. The molecular formula is C16H22N2O3. The van der Waals surface area contributed by atoms with Crippen LogP contribution in [0.2, 0.25) is 0 Å². The van der Waals surface area contributed by atoms with Crippen molar-refractivity contribution in [3.63, 3.8) is 0 Å². The van der Waals surface area contributed by atoms with Gasteiger partial charge in [-0.15, -0.1) is 0 Å². The number of nitriles is 1. The van der Waals surface area contributed by atoms with Crippen LogP contribution >= 0.6 is 0 Å². The topological polar surface area (TPSA) is 63.5 Å². The predicted octanol–water partition coefficient (Wildman–Crippen LogP) is 2.05. The summed E-state index contributed by atoms with van der Waals surface area (Å²) < 4.78 is 16.3. The molecule has 1 aliphatic rings. The van der Waals surface area contributed by atoms with Gasteiger partial charge in [0, 0.05) is 32.7 Å². The molecule has 1 N–H and O–H groups in total. The number of hydrogen-bond acceptors (Lipinski definition) is 5. The van der Waals surface area contributed by atoms with Crippen molar-refractivity contribution < 1.29 is 14.2 Å². The van der Waals surface area contributed by atoms with Gasteiger partial charge in [-0.3, -0.25) is 0 Å². The lowest BCUT2D eigenvalue weighted by molar-refractivity contribution is -0.0172. The summed E-state index contributed by atoms with van der Waals surface area (Å²) in [4.78, 5) is 0. The molecule has 1 saturated heterocycles. The van der Waals surface area contributed by atoms with Crippen LogP contribution in [0.25, 0.3) is 0 Å². The lowest BCUT2D eigenvalue weighted by Crippen LogP contribution is -2.43. The van der Waals surface area contributed by atoms with E-state index >= 15 is 0 Å². The van der Waals surface area contributed by atoms with Gasteiger partial charge in [-0.25, -0.2) is 0 Å². The third-order valence-electron chi connectivity index (χ3n) is 3.91. The fourth-order valence-corrected chi connectivity index (χ4v) is 2.39. The molecular weight excluding hydrogens is 268 g/mol. The first-order valence-electron chi connectivity index (χ1n) is 7.15. The zero-order valence-electron chi connectivity index (χ0n) is 12.6. The first-order chi connectivity index (χ1) is 10.2. The largest absolute Gasteiger partial charge is 0.479 e. The second kappa shape index (κ2) is 7.41. The molecule has 2 atom stereocenters. The quantitative estimate of drug-likeness (QED) is 0.832. The SMILES string of the molecule is COC1(CNC(C)c2ccc(OCC#N)cc2)CCOC1. The van der Waals surface area contributed by atoms with Crippen molar-refractivity contribution in [2.45, 2.75) is 25.0 Å². The third-order valence-corrected chi connectivity index (χ3v) is 3.91. The van der Waals surface area contributed by atoms with E-state index in [9.17, 15) is 0 Å². The number of hydrogen-bond donors (Lipinski definition) is 1. The Kier molecular flexibility index (Phi) is 5.57. The van der Waals surface area contributed by atoms with Crippen LogP contribution in [0.4, 0.5) is 0 Å². The Bertz CT molecular complexity index is 475. The molecule has 0 spiro atoms. The van der Waals surface area contributed by atoms with E-state index in [4.69, 9.17) is 19.5 Å². The highest BCUT2D eigenvalue weighted by molar-refractivity contribution is 5.29. The zero-order chi connectivity index (χ0) is 15.1. The van der Waals surface area contributed by atoms with Crippen molar-refractivity contribution in [2.24, 2.45) is 0 Å².